The van der Waals surface area contributed by atoms with E-state index in [0.717, 1.165) is 16.9 Å². The Morgan fingerprint density at radius 2 is 1.81 bits per heavy atom. The fourth-order valence-electron chi connectivity index (χ4n) is 2.63. The molecule has 2 aromatic carbocycles. The topological polar surface area (TPSA) is 48.9 Å². The molecule has 0 fully saturated rings. The number of benzene rings is 2. The number of aliphatic imine (C=N–C) groups is 1. The molecular weight excluding hydrogens is 331 g/mol. The van der Waals surface area contributed by atoms with Gasteiger partial charge in [0.05, 0.1) is 7.11 Å². The van der Waals surface area contributed by atoms with Crippen LogP contribution in [0.15, 0.2) is 47.5 Å². The maximum Gasteiger partial charge on any atom is 0.191 e. The van der Waals surface area contributed by atoms with E-state index in [2.05, 4.69) is 15.6 Å². The van der Waals surface area contributed by atoms with Crippen LogP contribution in [0.5, 0.6) is 5.75 Å². The lowest BCUT2D eigenvalue weighted by Crippen LogP contribution is -2.36. The molecule has 0 spiro atoms. The molecule has 0 unspecified atom stereocenters. The van der Waals surface area contributed by atoms with Crippen LogP contribution in [0.2, 0.25) is 0 Å². The van der Waals surface area contributed by atoms with Gasteiger partial charge in [-0.2, -0.15) is 0 Å². The molecule has 2 N–H and O–H groups in total. The SMILES string of the molecule is CN=C(NCc1ccc(F)c(CN(C)C)c1)NCc1ccccc1OC. The number of nitrogens with one attached hydrogen (secondary N) is 2. The number of hydrogen-bond acceptors (Lipinski definition) is 3. The van der Waals surface area contributed by atoms with E-state index in [4.69, 9.17) is 4.74 Å². The molecule has 0 bridgehead atoms. The number of ether oxygens (including phenoxy) is 1. The minimum Gasteiger partial charge on any atom is -0.496 e. The molecule has 5 nitrogen and oxygen atoms in total. The second-order valence-corrected chi connectivity index (χ2v) is 6.25. The summed E-state index contributed by atoms with van der Waals surface area (Å²) in [5.41, 5.74) is 2.74. The van der Waals surface area contributed by atoms with Crippen molar-refractivity contribution < 1.29 is 9.13 Å². The average Bonchev–Trinajstić information content (AvgIpc) is 2.64. The molecule has 0 aliphatic carbocycles. The summed E-state index contributed by atoms with van der Waals surface area (Å²) in [4.78, 5) is 6.18. The van der Waals surface area contributed by atoms with Crippen molar-refractivity contribution >= 4 is 5.96 Å². The molecule has 0 aliphatic heterocycles. The molecule has 0 aromatic heterocycles. The van der Waals surface area contributed by atoms with Crippen molar-refractivity contribution in [3.05, 3.63) is 65.0 Å². The number of para-hydroxylation sites is 1. The van der Waals surface area contributed by atoms with Crippen LogP contribution in [0, 0.1) is 5.82 Å². The van der Waals surface area contributed by atoms with Gasteiger partial charge < -0.3 is 20.3 Å². The van der Waals surface area contributed by atoms with Gasteiger partial charge in [-0.25, -0.2) is 4.39 Å². The van der Waals surface area contributed by atoms with E-state index in [1.54, 1.807) is 20.2 Å². The van der Waals surface area contributed by atoms with Crippen molar-refractivity contribution in [3.8, 4) is 5.75 Å². The van der Waals surface area contributed by atoms with Gasteiger partial charge in [0.1, 0.15) is 11.6 Å². The van der Waals surface area contributed by atoms with Crippen LogP contribution in [0.25, 0.3) is 0 Å². The lowest BCUT2D eigenvalue weighted by Gasteiger charge is -2.15. The third-order valence-corrected chi connectivity index (χ3v) is 3.92. The van der Waals surface area contributed by atoms with Crippen molar-refractivity contribution in [1.29, 1.82) is 0 Å². The Morgan fingerprint density at radius 1 is 1.08 bits per heavy atom. The Hall–Kier alpha value is -2.60. The third kappa shape index (κ3) is 5.74. The van der Waals surface area contributed by atoms with Crippen molar-refractivity contribution in [1.82, 2.24) is 15.5 Å². The summed E-state index contributed by atoms with van der Waals surface area (Å²) in [6.07, 6.45) is 0. The van der Waals surface area contributed by atoms with Crippen LogP contribution >= 0.6 is 0 Å². The first-order valence-corrected chi connectivity index (χ1v) is 8.52. The summed E-state index contributed by atoms with van der Waals surface area (Å²) in [5.74, 6) is 1.33. The zero-order valence-corrected chi connectivity index (χ0v) is 15.8. The highest BCUT2D eigenvalue weighted by Crippen LogP contribution is 2.16. The van der Waals surface area contributed by atoms with E-state index in [-0.39, 0.29) is 5.82 Å². The molecule has 2 rings (SSSR count). The van der Waals surface area contributed by atoms with E-state index in [1.807, 2.05) is 49.3 Å². The first-order chi connectivity index (χ1) is 12.5. The number of hydrogen-bond donors (Lipinski definition) is 2. The first kappa shape index (κ1) is 19.7. The standard InChI is InChI=1S/C20H27FN4O/c1-22-20(24-13-16-7-5-6-8-19(16)26-4)23-12-15-9-10-18(21)17(11-15)14-25(2)3/h5-11H,12-14H2,1-4H3,(H2,22,23,24). The Morgan fingerprint density at radius 3 is 2.50 bits per heavy atom. The van der Waals surface area contributed by atoms with Crippen LogP contribution < -0.4 is 15.4 Å². The molecule has 0 amide bonds. The monoisotopic (exact) mass is 358 g/mol. The van der Waals surface area contributed by atoms with E-state index < -0.39 is 0 Å². The Kier molecular flexibility index (Phi) is 7.41. The number of methoxy groups -OCH3 is 1. The summed E-state index contributed by atoms with van der Waals surface area (Å²) in [7, 11) is 7.23. The molecule has 0 saturated carbocycles. The lowest BCUT2D eigenvalue weighted by atomic mass is 10.1. The van der Waals surface area contributed by atoms with Crippen LogP contribution in [-0.4, -0.2) is 39.1 Å². The van der Waals surface area contributed by atoms with Crippen LogP contribution in [0.1, 0.15) is 16.7 Å². The molecule has 0 radical (unpaired) electrons. The molecule has 0 heterocycles. The first-order valence-electron chi connectivity index (χ1n) is 8.52. The fraction of sp³-hybridized carbons (Fsp3) is 0.350. The van der Waals surface area contributed by atoms with Gasteiger partial charge in [-0.15, -0.1) is 0 Å². The zero-order valence-electron chi connectivity index (χ0n) is 15.8. The molecule has 0 atom stereocenters. The predicted molar refractivity (Wildman–Crippen MR) is 104 cm³/mol. The predicted octanol–water partition coefficient (Wildman–Crippen LogP) is 2.76. The minimum atomic E-state index is -0.180. The summed E-state index contributed by atoms with van der Waals surface area (Å²) in [6.45, 7) is 1.73. The van der Waals surface area contributed by atoms with Gasteiger partial charge in [0.15, 0.2) is 5.96 Å². The molecule has 0 saturated heterocycles. The van der Waals surface area contributed by atoms with Crippen LogP contribution in [0.3, 0.4) is 0 Å². The van der Waals surface area contributed by atoms with Gasteiger partial charge in [0, 0.05) is 37.8 Å². The van der Waals surface area contributed by atoms with E-state index in [9.17, 15) is 4.39 Å². The quantitative estimate of drug-likeness (QED) is 0.590. The maximum atomic E-state index is 13.9. The van der Waals surface area contributed by atoms with Crippen LogP contribution in [-0.2, 0) is 19.6 Å². The van der Waals surface area contributed by atoms with Gasteiger partial charge in [-0.1, -0.05) is 24.3 Å². The third-order valence-electron chi connectivity index (χ3n) is 3.92. The van der Waals surface area contributed by atoms with Gasteiger partial charge >= 0.3 is 0 Å². The normalized spacial score (nSPS) is 11.5. The van der Waals surface area contributed by atoms with Gasteiger partial charge in [0.2, 0.25) is 0 Å². The highest BCUT2D eigenvalue weighted by Gasteiger charge is 2.07. The minimum absolute atomic E-state index is 0.180. The smallest absolute Gasteiger partial charge is 0.191 e. The van der Waals surface area contributed by atoms with Gasteiger partial charge in [0.25, 0.3) is 0 Å². The summed E-state index contributed by atoms with van der Waals surface area (Å²) in [6, 6.07) is 13.0. The molecular formula is C20H27FN4O. The molecule has 6 heteroatoms. The molecule has 140 valence electrons. The van der Waals surface area contributed by atoms with Crippen molar-refractivity contribution in [2.45, 2.75) is 19.6 Å². The van der Waals surface area contributed by atoms with Crippen molar-refractivity contribution in [3.63, 3.8) is 0 Å². The Labute approximate surface area is 154 Å². The summed E-state index contributed by atoms with van der Waals surface area (Å²) >= 11 is 0. The second-order valence-electron chi connectivity index (χ2n) is 6.25. The summed E-state index contributed by atoms with van der Waals surface area (Å²) < 4.78 is 19.2. The second kappa shape index (κ2) is 9.77. The van der Waals surface area contributed by atoms with E-state index in [0.29, 0.717) is 31.2 Å². The number of guanidine groups is 1. The van der Waals surface area contributed by atoms with Crippen molar-refractivity contribution in [2.75, 3.05) is 28.3 Å². The van der Waals surface area contributed by atoms with Gasteiger partial charge in [-0.3, -0.25) is 4.99 Å². The number of nitrogens with zero attached hydrogens (tertiary/aromatic N) is 2. The Bertz CT molecular complexity index is 746. The molecule has 0 aliphatic rings. The molecule has 2 aromatic rings. The van der Waals surface area contributed by atoms with Crippen LogP contribution in [0.4, 0.5) is 4.39 Å². The Balaban J connectivity index is 1.95. The lowest BCUT2D eigenvalue weighted by molar-refractivity contribution is 0.392. The van der Waals surface area contributed by atoms with E-state index >= 15 is 0 Å². The number of halogens is 1. The highest BCUT2D eigenvalue weighted by atomic mass is 19.1. The largest absolute Gasteiger partial charge is 0.496 e. The fourth-order valence-corrected chi connectivity index (χ4v) is 2.63. The molecule has 26 heavy (non-hydrogen) atoms. The van der Waals surface area contributed by atoms with E-state index in [1.165, 1.54) is 6.07 Å². The number of rotatable bonds is 7. The average molecular weight is 358 g/mol. The highest BCUT2D eigenvalue weighted by molar-refractivity contribution is 5.79. The van der Waals surface area contributed by atoms with Gasteiger partial charge in [-0.05, 0) is 37.9 Å². The van der Waals surface area contributed by atoms with Crippen molar-refractivity contribution in [2.24, 2.45) is 4.99 Å². The maximum absolute atomic E-state index is 13.9. The zero-order chi connectivity index (χ0) is 18.9. The summed E-state index contributed by atoms with van der Waals surface area (Å²) in [5, 5.41) is 6.52.